The van der Waals surface area contributed by atoms with E-state index in [2.05, 4.69) is 10.3 Å². The number of ether oxygens (including phenoxy) is 3. The first kappa shape index (κ1) is 21.1. The Morgan fingerprint density at radius 2 is 2.00 bits per heavy atom. The summed E-state index contributed by atoms with van der Waals surface area (Å²) in [4.78, 5) is 28.9. The third kappa shape index (κ3) is 5.92. The maximum atomic E-state index is 12.6. The quantitative estimate of drug-likeness (QED) is 0.696. The van der Waals surface area contributed by atoms with Crippen molar-refractivity contribution in [2.24, 2.45) is 0 Å². The average Bonchev–Trinajstić information content (AvgIpc) is 2.75. The fourth-order valence-corrected chi connectivity index (χ4v) is 3.23. The topological polar surface area (TPSA) is 86.8 Å². The van der Waals surface area contributed by atoms with Gasteiger partial charge in [-0.15, -0.1) is 0 Å². The van der Waals surface area contributed by atoms with Crippen LogP contribution in [0.25, 0.3) is 0 Å². The molecule has 154 valence electrons. The highest BCUT2D eigenvalue weighted by molar-refractivity contribution is 6.32. The molecule has 1 amide bonds. The Hall–Kier alpha value is -2.64. The van der Waals surface area contributed by atoms with Gasteiger partial charge in [0.15, 0.2) is 0 Å². The molecule has 2 aromatic rings. The minimum Gasteiger partial charge on any atom is -0.473 e. The number of halogens is 1. The third-order valence-corrected chi connectivity index (χ3v) is 4.86. The van der Waals surface area contributed by atoms with Crippen LogP contribution in [0.4, 0.5) is 0 Å². The number of amides is 1. The number of hydrogen-bond acceptors (Lipinski definition) is 6. The van der Waals surface area contributed by atoms with E-state index in [9.17, 15) is 9.59 Å². The van der Waals surface area contributed by atoms with E-state index in [1.807, 2.05) is 30.3 Å². The molecule has 2 heterocycles. The number of aromatic nitrogens is 1. The van der Waals surface area contributed by atoms with E-state index in [1.54, 1.807) is 0 Å². The van der Waals surface area contributed by atoms with Crippen molar-refractivity contribution < 1.29 is 23.8 Å². The Morgan fingerprint density at radius 3 is 2.66 bits per heavy atom. The molecule has 7 nitrogen and oxygen atoms in total. The zero-order valence-electron chi connectivity index (χ0n) is 16.1. The lowest BCUT2D eigenvalue weighted by Crippen LogP contribution is -2.43. The smallest absolute Gasteiger partial charge is 0.328 e. The van der Waals surface area contributed by atoms with E-state index in [4.69, 9.17) is 25.8 Å². The van der Waals surface area contributed by atoms with Gasteiger partial charge in [0.2, 0.25) is 5.88 Å². The Labute approximate surface area is 174 Å². The second-order valence-corrected chi connectivity index (χ2v) is 7.09. The predicted octanol–water partition coefficient (Wildman–Crippen LogP) is 2.81. The second-order valence-electron chi connectivity index (χ2n) is 6.68. The SMILES string of the molecule is COC(=O)[C@@H](Cc1ccccc1)NC(=O)c1cnc(OC2CCOCC2)c(Cl)c1. The van der Waals surface area contributed by atoms with Gasteiger partial charge in [0.1, 0.15) is 17.2 Å². The van der Waals surface area contributed by atoms with Gasteiger partial charge in [0.25, 0.3) is 5.91 Å². The average molecular weight is 419 g/mol. The Balaban J connectivity index is 1.67. The summed E-state index contributed by atoms with van der Waals surface area (Å²) < 4.78 is 15.9. The van der Waals surface area contributed by atoms with Gasteiger partial charge >= 0.3 is 5.97 Å². The molecule has 1 aromatic carbocycles. The second kappa shape index (κ2) is 10.2. The van der Waals surface area contributed by atoms with Crippen LogP contribution in [0.2, 0.25) is 5.02 Å². The van der Waals surface area contributed by atoms with E-state index < -0.39 is 17.9 Å². The van der Waals surface area contributed by atoms with Crippen LogP contribution in [0.1, 0.15) is 28.8 Å². The lowest BCUT2D eigenvalue weighted by atomic mass is 10.1. The fraction of sp³-hybridized carbons (Fsp3) is 0.381. The van der Waals surface area contributed by atoms with Gasteiger partial charge in [0.05, 0.1) is 25.9 Å². The summed E-state index contributed by atoms with van der Waals surface area (Å²) in [6.07, 6.45) is 3.21. The summed E-state index contributed by atoms with van der Waals surface area (Å²) in [6.45, 7) is 1.28. The third-order valence-electron chi connectivity index (χ3n) is 4.59. The molecule has 1 atom stereocenters. The van der Waals surface area contributed by atoms with Crippen LogP contribution in [0, 0.1) is 0 Å². The van der Waals surface area contributed by atoms with Crippen LogP contribution < -0.4 is 10.1 Å². The molecule has 1 N–H and O–H groups in total. The molecule has 0 unspecified atom stereocenters. The molecule has 1 aliphatic rings. The lowest BCUT2D eigenvalue weighted by Gasteiger charge is -2.23. The van der Waals surface area contributed by atoms with Crippen molar-refractivity contribution in [3.05, 3.63) is 58.7 Å². The number of nitrogens with zero attached hydrogens (tertiary/aromatic N) is 1. The highest BCUT2D eigenvalue weighted by Gasteiger charge is 2.24. The van der Waals surface area contributed by atoms with Crippen LogP contribution >= 0.6 is 11.6 Å². The number of methoxy groups -OCH3 is 1. The molecule has 29 heavy (non-hydrogen) atoms. The number of benzene rings is 1. The zero-order valence-corrected chi connectivity index (χ0v) is 16.9. The van der Waals surface area contributed by atoms with Crippen LogP contribution in [0.3, 0.4) is 0 Å². The number of rotatable bonds is 7. The van der Waals surface area contributed by atoms with Gasteiger partial charge in [-0.05, 0) is 11.6 Å². The van der Waals surface area contributed by atoms with Gasteiger partial charge in [-0.3, -0.25) is 4.79 Å². The van der Waals surface area contributed by atoms with E-state index in [1.165, 1.54) is 19.4 Å². The molecular formula is C21H23ClN2O5. The molecule has 0 radical (unpaired) electrons. The molecule has 1 aliphatic heterocycles. The van der Waals surface area contributed by atoms with Gasteiger partial charge in [-0.25, -0.2) is 9.78 Å². The predicted molar refractivity (Wildman–Crippen MR) is 107 cm³/mol. The molecule has 0 bridgehead atoms. The first-order chi connectivity index (χ1) is 14.1. The fourth-order valence-electron chi connectivity index (χ4n) is 3.01. The lowest BCUT2D eigenvalue weighted by molar-refractivity contribution is -0.142. The molecule has 1 aromatic heterocycles. The Bertz CT molecular complexity index is 840. The maximum Gasteiger partial charge on any atom is 0.328 e. The van der Waals surface area contributed by atoms with Crippen molar-refractivity contribution in [3.8, 4) is 5.88 Å². The number of nitrogens with one attached hydrogen (secondary N) is 1. The minimum atomic E-state index is -0.827. The van der Waals surface area contributed by atoms with Crippen molar-refractivity contribution in [1.82, 2.24) is 10.3 Å². The number of carbonyl (C=O) groups excluding carboxylic acids is 2. The summed E-state index contributed by atoms with van der Waals surface area (Å²) in [5.41, 5.74) is 1.14. The number of carbonyl (C=O) groups is 2. The molecule has 0 saturated carbocycles. The van der Waals surface area contributed by atoms with Crippen molar-refractivity contribution in [2.75, 3.05) is 20.3 Å². The molecule has 0 spiro atoms. The number of esters is 1. The first-order valence-corrected chi connectivity index (χ1v) is 9.77. The van der Waals surface area contributed by atoms with Gasteiger partial charge in [-0.2, -0.15) is 0 Å². The van der Waals surface area contributed by atoms with Crippen LogP contribution in [-0.2, 0) is 20.7 Å². The summed E-state index contributed by atoms with van der Waals surface area (Å²) in [5, 5.41) is 2.93. The van der Waals surface area contributed by atoms with Gasteiger partial charge in [0, 0.05) is 25.5 Å². The Morgan fingerprint density at radius 1 is 1.28 bits per heavy atom. The minimum absolute atomic E-state index is 0.0111. The van der Waals surface area contributed by atoms with E-state index in [-0.39, 0.29) is 22.6 Å². The zero-order chi connectivity index (χ0) is 20.6. The largest absolute Gasteiger partial charge is 0.473 e. The van der Waals surface area contributed by atoms with Crippen LogP contribution in [-0.4, -0.2) is 49.3 Å². The summed E-state index contributed by atoms with van der Waals surface area (Å²) in [6, 6.07) is 10.0. The van der Waals surface area contributed by atoms with Gasteiger partial charge < -0.3 is 19.5 Å². The normalized spacial score (nSPS) is 15.4. The number of pyridine rings is 1. The van der Waals surface area contributed by atoms with Crippen LogP contribution in [0.15, 0.2) is 42.6 Å². The van der Waals surface area contributed by atoms with E-state index in [0.717, 1.165) is 18.4 Å². The molecule has 1 fully saturated rings. The summed E-state index contributed by atoms with van der Waals surface area (Å²) in [5.74, 6) is -0.715. The highest BCUT2D eigenvalue weighted by Crippen LogP contribution is 2.25. The molecule has 1 saturated heterocycles. The summed E-state index contributed by atoms with van der Waals surface area (Å²) >= 11 is 6.26. The molecule has 8 heteroatoms. The standard InChI is InChI=1S/C21H23ClN2O5/c1-27-21(26)18(11-14-5-3-2-4-6-14)24-19(25)15-12-17(22)20(23-13-15)29-16-7-9-28-10-8-16/h2-6,12-13,16,18H,7-11H2,1H3,(H,24,25)/t18-/m1/s1. The molecule has 3 rings (SSSR count). The van der Waals surface area contributed by atoms with E-state index in [0.29, 0.717) is 19.6 Å². The van der Waals surface area contributed by atoms with E-state index >= 15 is 0 Å². The highest BCUT2D eigenvalue weighted by atomic mass is 35.5. The first-order valence-electron chi connectivity index (χ1n) is 9.39. The molecular weight excluding hydrogens is 396 g/mol. The monoisotopic (exact) mass is 418 g/mol. The molecule has 0 aliphatic carbocycles. The Kier molecular flexibility index (Phi) is 7.43. The summed E-state index contributed by atoms with van der Waals surface area (Å²) in [7, 11) is 1.29. The van der Waals surface area contributed by atoms with Gasteiger partial charge in [-0.1, -0.05) is 41.9 Å². The van der Waals surface area contributed by atoms with Crippen molar-refractivity contribution in [3.63, 3.8) is 0 Å². The van der Waals surface area contributed by atoms with Crippen LogP contribution in [0.5, 0.6) is 5.88 Å². The van der Waals surface area contributed by atoms with Crippen molar-refractivity contribution >= 4 is 23.5 Å². The maximum absolute atomic E-state index is 12.6. The van der Waals surface area contributed by atoms with Crippen molar-refractivity contribution in [2.45, 2.75) is 31.4 Å². The number of hydrogen-bond donors (Lipinski definition) is 1. The van der Waals surface area contributed by atoms with Crippen molar-refractivity contribution in [1.29, 1.82) is 0 Å².